The summed E-state index contributed by atoms with van der Waals surface area (Å²) in [5.74, 6) is -2.51. The summed E-state index contributed by atoms with van der Waals surface area (Å²) >= 11 is 0. The van der Waals surface area contributed by atoms with E-state index in [1.807, 2.05) is 6.07 Å². The van der Waals surface area contributed by atoms with E-state index < -0.39 is 18.0 Å². The highest BCUT2D eigenvalue weighted by molar-refractivity contribution is 6.28. The van der Waals surface area contributed by atoms with Crippen LogP contribution in [0.3, 0.4) is 0 Å². The predicted octanol–water partition coefficient (Wildman–Crippen LogP) is 1.03. The average molecular weight is 345 g/mol. The van der Waals surface area contributed by atoms with E-state index in [0.29, 0.717) is 24.4 Å². The van der Waals surface area contributed by atoms with Crippen LogP contribution in [-0.4, -0.2) is 44.1 Å². The second-order valence-electron chi connectivity index (χ2n) is 5.33. The highest BCUT2D eigenvalue weighted by atomic mass is 16.6. The quantitative estimate of drug-likeness (QED) is 0.653. The molecule has 1 aromatic carbocycles. The lowest BCUT2D eigenvalue weighted by atomic mass is 10.1. The maximum absolute atomic E-state index is 12.2. The Balaban J connectivity index is 1.61. The number of nitrogens with zero attached hydrogens (tertiary/aromatic N) is 3. The normalized spacial score (nSPS) is 13.0. The number of amides is 1. The van der Waals surface area contributed by atoms with Crippen molar-refractivity contribution in [2.45, 2.75) is 19.7 Å². The number of para-hydroxylation sites is 1. The van der Waals surface area contributed by atoms with Gasteiger partial charge in [0.25, 0.3) is 0 Å². The predicted molar refractivity (Wildman–Crippen MR) is 82.5 cm³/mol. The molecule has 0 saturated heterocycles. The van der Waals surface area contributed by atoms with E-state index in [9.17, 15) is 14.4 Å². The molecule has 1 aliphatic rings. The van der Waals surface area contributed by atoms with Crippen LogP contribution in [0.2, 0.25) is 0 Å². The first-order valence-electron chi connectivity index (χ1n) is 7.49. The number of ether oxygens (including phenoxy) is 2. The van der Waals surface area contributed by atoms with Gasteiger partial charge in [-0.25, -0.2) is 19.4 Å². The molecule has 1 N–H and O–H groups in total. The highest BCUT2D eigenvalue weighted by Crippen LogP contribution is 2.19. The van der Waals surface area contributed by atoms with Crippen LogP contribution in [0.1, 0.15) is 11.4 Å². The number of imidazole rings is 1. The van der Waals surface area contributed by atoms with Gasteiger partial charge in [-0.15, -0.1) is 0 Å². The summed E-state index contributed by atoms with van der Waals surface area (Å²) in [6.45, 7) is 0.444. The topological polar surface area (TPSA) is 111 Å². The van der Waals surface area contributed by atoms with Crippen molar-refractivity contribution >= 4 is 18.0 Å². The molecule has 0 fully saturated rings. The van der Waals surface area contributed by atoms with Crippen LogP contribution < -0.4 is 4.74 Å². The number of rotatable bonds is 3. The van der Waals surface area contributed by atoms with Crippen LogP contribution >= 0.6 is 0 Å². The molecule has 1 aliphatic heterocycles. The molecule has 2 heterocycles. The number of carbonyl (C=O) groups is 3. The van der Waals surface area contributed by atoms with Crippen molar-refractivity contribution in [1.29, 1.82) is 0 Å². The second-order valence-corrected chi connectivity index (χ2v) is 5.33. The molecular formula is C16H15N3O6. The molecule has 0 atom stereocenters. The third kappa shape index (κ3) is 3.77. The largest absolute Gasteiger partial charge is 0.473 e. The summed E-state index contributed by atoms with van der Waals surface area (Å²) in [7, 11) is 0. The van der Waals surface area contributed by atoms with Crippen molar-refractivity contribution in [3.8, 4) is 5.75 Å². The van der Waals surface area contributed by atoms with Gasteiger partial charge in [-0.3, -0.25) is 0 Å². The maximum atomic E-state index is 12.2. The summed E-state index contributed by atoms with van der Waals surface area (Å²) in [6.07, 6.45) is 1.47. The number of aromatic nitrogens is 2. The molecule has 1 aromatic heterocycles. The third-order valence-electron chi connectivity index (χ3n) is 3.71. The highest BCUT2D eigenvalue weighted by Gasteiger charge is 2.26. The van der Waals surface area contributed by atoms with Gasteiger partial charge in [0.05, 0.1) is 18.6 Å². The van der Waals surface area contributed by atoms with Gasteiger partial charge in [0, 0.05) is 18.7 Å². The van der Waals surface area contributed by atoms with E-state index in [1.54, 1.807) is 28.8 Å². The molecular weight excluding hydrogens is 330 g/mol. The first kappa shape index (κ1) is 16.5. The van der Waals surface area contributed by atoms with Crippen LogP contribution in [0.5, 0.6) is 5.75 Å². The first-order valence-corrected chi connectivity index (χ1v) is 7.49. The third-order valence-corrected chi connectivity index (χ3v) is 3.71. The van der Waals surface area contributed by atoms with Crippen molar-refractivity contribution < 1.29 is 29.0 Å². The Morgan fingerprint density at radius 2 is 1.96 bits per heavy atom. The van der Waals surface area contributed by atoms with E-state index in [4.69, 9.17) is 9.84 Å². The number of hydrogen-bond acceptors (Lipinski definition) is 6. The fraction of sp³-hybridized carbons (Fsp3) is 0.250. The van der Waals surface area contributed by atoms with Gasteiger partial charge in [0.15, 0.2) is 6.73 Å². The second kappa shape index (κ2) is 7.04. The minimum Gasteiger partial charge on any atom is -0.473 e. The molecule has 130 valence electrons. The Morgan fingerprint density at radius 1 is 1.20 bits per heavy atom. The Bertz CT molecular complexity index is 801. The molecule has 2 aromatic rings. The molecule has 9 heteroatoms. The number of carboxylic acids is 1. The molecule has 0 aliphatic carbocycles. The van der Waals surface area contributed by atoms with Gasteiger partial charge < -0.3 is 24.0 Å². The van der Waals surface area contributed by atoms with Crippen LogP contribution in [-0.2, 0) is 34.0 Å². The Kier molecular flexibility index (Phi) is 4.64. The fourth-order valence-electron chi connectivity index (χ4n) is 2.48. The Morgan fingerprint density at radius 3 is 2.68 bits per heavy atom. The number of carbonyl (C=O) groups excluding carboxylic acids is 2. The zero-order chi connectivity index (χ0) is 17.8. The van der Waals surface area contributed by atoms with E-state index in [2.05, 4.69) is 9.72 Å². The van der Waals surface area contributed by atoms with Gasteiger partial charge in [0.2, 0.25) is 0 Å². The number of carboxylic acid groups (broad SMARTS) is 1. The zero-order valence-electron chi connectivity index (χ0n) is 13.1. The van der Waals surface area contributed by atoms with Gasteiger partial charge in [-0.1, -0.05) is 18.2 Å². The van der Waals surface area contributed by atoms with E-state index >= 15 is 0 Å². The van der Waals surface area contributed by atoms with Crippen LogP contribution in [0.4, 0.5) is 4.79 Å². The lowest BCUT2D eigenvalue weighted by Gasteiger charge is -2.26. The Hall–Kier alpha value is -3.36. The van der Waals surface area contributed by atoms with E-state index in [0.717, 1.165) is 5.69 Å². The molecule has 0 unspecified atom stereocenters. The molecule has 0 bridgehead atoms. The number of esters is 1. The first-order chi connectivity index (χ1) is 12.0. The van der Waals surface area contributed by atoms with Crippen molar-refractivity contribution in [1.82, 2.24) is 14.5 Å². The molecule has 1 amide bonds. The van der Waals surface area contributed by atoms with Gasteiger partial charge >= 0.3 is 18.0 Å². The Labute approximate surface area is 142 Å². The average Bonchev–Trinajstić information content (AvgIpc) is 3.02. The number of benzene rings is 1. The molecule has 0 saturated carbocycles. The summed E-state index contributed by atoms with van der Waals surface area (Å²) in [4.78, 5) is 39.4. The number of aliphatic carboxylic acids is 1. The van der Waals surface area contributed by atoms with Gasteiger partial charge in [-0.2, -0.15) is 0 Å². The van der Waals surface area contributed by atoms with E-state index in [-0.39, 0.29) is 13.3 Å². The zero-order valence-corrected chi connectivity index (χ0v) is 13.1. The van der Waals surface area contributed by atoms with E-state index in [1.165, 1.54) is 11.2 Å². The molecule has 9 nitrogen and oxygen atoms in total. The lowest BCUT2D eigenvalue weighted by molar-refractivity contribution is -0.166. The van der Waals surface area contributed by atoms with Gasteiger partial charge in [0.1, 0.15) is 5.75 Å². The molecule has 0 radical (unpaired) electrons. The molecule has 3 rings (SSSR count). The fourth-order valence-corrected chi connectivity index (χ4v) is 2.48. The summed E-state index contributed by atoms with van der Waals surface area (Å²) in [6, 6.07) is 8.76. The van der Waals surface area contributed by atoms with Crippen molar-refractivity contribution in [2.24, 2.45) is 0 Å². The minimum absolute atomic E-state index is 0.234. The standard InChI is InChI=1S/C16H15N3O6/c20-14(21)15(22)24-10-19-9-17-12-8-18(7-6-13(12)19)16(23)25-11-4-2-1-3-5-11/h1-5,9H,6-8,10H2,(H,20,21). The maximum Gasteiger partial charge on any atom is 0.419 e. The number of fused-ring (bicyclic) bond motifs is 1. The van der Waals surface area contributed by atoms with Crippen LogP contribution in [0, 0.1) is 0 Å². The minimum atomic E-state index is -1.65. The SMILES string of the molecule is O=C(O)C(=O)OCn1cnc2c1CCN(C(=O)Oc1ccccc1)C2. The lowest BCUT2D eigenvalue weighted by Crippen LogP contribution is -2.38. The van der Waals surface area contributed by atoms with Crippen LogP contribution in [0.25, 0.3) is 0 Å². The molecule has 25 heavy (non-hydrogen) atoms. The smallest absolute Gasteiger partial charge is 0.419 e. The van der Waals surface area contributed by atoms with Gasteiger partial charge in [-0.05, 0) is 12.1 Å². The van der Waals surface area contributed by atoms with Crippen molar-refractivity contribution in [3.63, 3.8) is 0 Å². The molecule has 0 spiro atoms. The summed E-state index contributed by atoms with van der Waals surface area (Å²) in [5.41, 5.74) is 1.45. The monoisotopic (exact) mass is 345 g/mol. The van der Waals surface area contributed by atoms with Crippen LogP contribution in [0.15, 0.2) is 36.7 Å². The summed E-state index contributed by atoms with van der Waals surface area (Å²) in [5, 5.41) is 8.51. The van der Waals surface area contributed by atoms with Crippen molar-refractivity contribution in [2.75, 3.05) is 6.54 Å². The van der Waals surface area contributed by atoms with Crippen molar-refractivity contribution in [3.05, 3.63) is 48.0 Å². The summed E-state index contributed by atoms with van der Waals surface area (Å²) < 4.78 is 11.5. The number of hydrogen-bond donors (Lipinski definition) is 1.